The van der Waals surface area contributed by atoms with Crippen LogP contribution in [0.2, 0.25) is 0 Å². The van der Waals surface area contributed by atoms with Crippen LogP contribution >= 0.6 is 0 Å². The van der Waals surface area contributed by atoms with Crippen LogP contribution < -0.4 is 5.32 Å². The summed E-state index contributed by atoms with van der Waals surface area (Å²) in [6, 6.07) is 7.09. The molecule has 0 bridgehead atoms. The third kappa shape index (κ3) is 2.26. The lowest BCUT2D eigenvalue weighted by Crippen LogP contribution is -2.33. The summed E-state index contributed by atoms with van der Waals surface area (Å²) in [7, 11) is 3.68. The fraction of sp³-hybridized carbons (Fsp3) is 0.333. The molecule has 1 heterocycles. The maximum atomic E-state index is 12.6. The second-order valence-electron chi connectivity index (χ2n) is 5.46. The van der Waals surface area contributed by atoms with Gasteiger partial charge in [-0.05, 0) is 26.0 Å². The van der Waals surface area contributed by atoms with Gasteiger partial charge in [0.2, 0.25) is 5.91 Å². The number of benzene rings is 1. The van der Waals surface area contributed by atoms with E-state index in [2.05, 4.69) is 5.32 Å². The van der Waals surface area contributed by atoms with E-state index >= 15 is 0 Å². The van der Waals surface area contributed by atoms with Gasteiger partial charge in [-0.15, -0.1) is 0 Å². The van der Waals surface area contributed by atoms with Crippen molar-refractivity contribution >= 4 is 17.4 Å². The minimum atomic E-state index is -0.861. The summed E-state index contributed by atoms with van der Waals surface area (Å²) < 4.78 is 0. The molecule has 2 rings (SSSR count). The molecule has 100 valence electrons. The molecule has 1 aromatic carbocycles. The summed E-state index contributed by atoms with van der Waals surface area (Å²) in [5.41, 5.74) is 0.752. The fourth-order valence-electron chi connectivity index (χ4n) is 2.10. The summed E-state index contributed by atoms with van der Waals surface area (Å²) in [5, 5.41) is 2.83. The van der Waals surface area contributed by atoms with Crippen LogP contribution in [0.5, 0.6) is 0 Å². The quantitative estimate of drug-likeness (QED) is 0.786. The highest BCUT2D eigenvalue weighted by atomic mass is 16.2. The van der Waals surface area contributed by atoms with E-state index in [1.807, 2.05) is 14.1 Å². The summed E-state index contributed by atoms with van der Waals surface area (Å²) in [6.07, 6.45) is 1.73. The number of carbonyl (C=O) groups excluding carboxylic acids is 2. The highest BCUT2D eigenvalue weighted by Crippen LogP contribution is 2.36. The van der Waals surface area contributed by atoms with Crippen LogP contribution in [-0.4, -0.2) is 30.7 Å². The Morgan fingerprint density at radius 2 is 1.79 bits per heavy atom. The zero-order valence-corrected chi connectivity index (χ0v) is 11.7. The number of Topliss-reactive ketones (excluding diaryl/α,β-unsaturated/α-hetero) is 1. The van der Waals surface area contributed by atoms with Crippen LogP contribution in [0.1, 0.15) is 24.2 Å². The zero-order chi connectivity index (χ0) is 14.2. The molecule has 0 unspecified atom stereocenters. The molecule has 4 heteroatoms. The van der Waals surface area contributed by atoms with Crippen molar-refractivity contribution in [3.63, 3.8) is 0 Å². The molecule has 0 radical (unpaired) electrons. The van der Waals surface area contributed by atoms with Gasteiger partial charge in [0.05, 0.1) is 11.1 Å². The van der Waals surface area contributed by atoms with Gasteiger partial charge in [0.25, 0.3) is 0 Å². The average molecular weight is 258 g/mol. The lowest BCUT2D eigenvalue weighted by Gasteiger charge is -2.24. The van der Waals surface area contributed by atoms with Crippen LogP contribution in [0.3, 0.4) is 0 Å². The molecule has 19 heavy (non-hydrogen) atoms. The first-order valence-corrected chi connectivity index (χ1v) is 6.18. The van der Waals surface area contributed by atoms with E-state index in [4.69, 9.17) is 0 Å². The van der Waals surface area contributed by atoms with Gasteiger partial charge in [-0.3, -0.25) is 9.59 Å². The van der Waals surface area contributed by atoms with Crippen molar-refractivity contribution in [2.45, 2.75) is 13.8 Å². The Labute approximate surface area is 113 Å². The SMILES string of the molecule is CN(C)/C=C1/C(=O)c2ccccc2NC(=O)C1(C)C. The van der Waals surface area contributed by atoms with E-state index in [1.54, 1.807) is 49.2 Å². The highest BCUT2D eigenvalue weighted by molar-refractivity contribution is 6.20. The van der Waals surface area contributed by atoms with E-state index in [0.717, 1.165) is 0 Å². The fourth-order valence-corrected chi connectivity index (χ4v) is 2.10. The molecule has 1 aliphatic heterocycles. The summed E-state index contributed by atoms with van der Waals surface area (Å²) >= 11 is 0. The molecule has 0 atom stereocenters. The number of amides is 1. The van der Waals surface area contributed by atoms with Crippen molar-refractivity contribution in [2.75, 3.05) is 19.4 Å². The predicted octanol–water partition coefficient (Wildman–Crippen LogP) is 2.29. The summed E-state index contributed by atoms with van der Waals surface area (Å²) in [4.78, 5) is 26.7. The number of nitrogens with zero attached hydrogens (tertiary/aromatic N) is 1. The average Bonchev–Trinajstić information content (AvgIpc) is 2.40. The van der Waals surface area contributed by atoms with Crippen molar-refractivity contribution in [3.05, 3.63) is 41.6 Å². The molecule has 4 nitrogen and oxygen atoms in total. The lowest BCUT2D eigenvalue weighted by atomic mass is 9.81. The van der Waals surface area contributed by atoms with Gasteiger partial charge in [-0.1, -0.05) is 12.1 Å². The van der Waals surface area contributed by atoms with E-state index in [-0.39, 0.29) is 11.7 Å². The maximum absolute atomic E-state index is 12.6. The second kappa shape index (κ2) is 4.53. The highest BCUT2D eigenvalue weighted by Gasteiger charge is 2.40. The topological polar surface area (TPSA) is 49.4 Å². The monoisotopic (exact) mass is 258 g/mol. The molecule has 1 N–H and O–H groups in total. The first-order valence-electron chi connectivity index (χ1n) is 6.18. The summed E-state index contributed by atoms with van der Waals surface area (Å²) in [5.74, 6) is -0.272. The molecule has 1 aliphatic rings. The van der Waals surface area contributed by atoms with Gasteiger partial charge in [0, 0.05) is 31.4 Å². The number of nitrogens with one attached hydrogen (secondary N) is 1. The molecule has 0 saturated heterocycles. The van der Waals surface area contributed by atoms with Gasteiger partial charge in [-0.25, -0.2) is 0 Å². The first kappa shape index (κ1) is 13.3. The number of hydrogen-bond donors (Lipinski definition) is 1. The number of fused-ring (bicyclic) bond motifs is 1. The molecule has 0 aromatic heterocycles. The van der Waals surface area contributed by atoms with Crippen LogP contribution in [-0.2, 0) is 4.79 Å². The van der Waals surface area contributed by atoms with E-state index < -0.39 is 5.41 Å². The Morgan fingerprint density at radius 1 is 1.16 bits per heavy atom. The number of ketones is 1. The minimum absolute atomic E-state index is 0.104. The Morgan fingerprint density at radius 3 is 2.42 bits per heavy atom. The van der Waals surface area contributed by atoms with E-state index in [1.165, 1.54) is 0 Å². The Bertz CT molecular complexity index is 571. The van der Waals surface area contributed by atoms with Gasteiger partial charge in [0.15, 0.2) is 5.78 Å². The summed E-state index contributed by atoms with van der Waals surface area (Å²) in [6.45, 7) is 3.53. The Hall–Kier alpha value is -2.10. The number of rotatable bonds is 1. The van der Waals surface area contributed by atoms with Crippen molar-refractivity contribution in [2.24, 2.45) is 5.41 Å². The van der Waals surface area contributed by atoms with Crippen molar-refractivity contribution < 1.29 is 9.59 Å². The molecule has 1 amide bonds. The van der Waals surface area contributed by atoms with Gasteiger partial charge in [-0.2, -0.15) is 0 Å². The van der Waals surface area contributed by atoms with Crippen molar-refractivity contribution in [1.29, 1.82) is 0 Å². The minimum Gasteiger partial charge on any atom is -0.383 e. The lowest BCUT2D eigenvalue weighted by molar-refractivity contribution is -0.122. The van der Waals surface area contributed by atoms with Gasteiger partial charge < -0.3 is 10.2 Å². The molecule has 0 fully saturated rings. The van der Waals surface area contributed by atoms with E-state index in [9.17, 15) is 9.59 Å². The number of carbonyl (C=O) groups is 2. The smallest absolute Gasteiger partial charge is 0.234 e. The largest absolute Gasteiger partial charge is 0.383 e. The van der Waals surface area contributed by atoms with Crippen molar-refractivity contribution in [3.8, 4) is 0 Å². The first-order chi connectivity index (χ1) is 8.84. The number of para-hydroxylation sites is 1. The van der Waals surface area contributed by atoms with Crippen LogP contribution in [0.25, 0.3) is 0 Å². The molecule has 1 aromatic rings. The molecule has 0 saturated carbocycles. The van der Waals surface area contributed by atoms with Crippen LogP contribution in [0.4, 0.5) is 5.69 Å². The molecule has 0 aliphatic carbocycles. The zero-order valence-electron chi connectivity index (χ0n) is 11.7. The molecule has 0 spiro atoms. The molecular weight excluding hydrogens is 240 g/mol. The third-order valence-corrected chi connectivity index (χ3v) is 3.29. The Kier molecular flexibility index (Phi) is 3.18. The standard InChI is InChI=1S/C15H18N2O2/c1-15(2)11(9-17(3)4)13(18)10-7-5-6-8-12(10)16-14(15)19/h5-9H,1-4H3,(H,16,19)/b11-9-. The third-order valence-electron chi connectivity index (χ3n) is 3.29. The van der Waals surface area contributed by atoms with Gasteiger partial charge in [0.1, 0.15) is 0 Å². The normalized spacial score (nSPS) is 19.7. The number of hydrogen-bond acceptors (Lipinski definition) is 3. The maximum Gasteiger partial charge on any atom is 0.234 e. The Balaban J connectivity index is 2.66. The second-order valence-corrected chi connectivity index (χ2v) is 5.46. The number of anilines is 1. The van der Waals surface area contributed by atoms with Crippen LogP contribution in [0.15, 0.2) is 36.0 Å². The van der Waals surface area contributed by atoms with E-state index in [0.29, 0.717) is 16.8 Å². The predicted molar refractivity (Wildman–Crippen MR) is 75.0 cm³/mol. The molecular formula is C15H18N2O2. The van der Waals surface area contributed by atoms with Crippen LogP contribution in [0, 0.1) is 5.41 Å². The van der Waals surface area contributed by atoms with Gasteiger partial charge >= 0.3 is 0 Å². The van der Waals surface area contributed by atoms with Crippen molar-refractivity contribution in [1.82, 2.24) is 4.90 Å².